The topological polar surface area (TPSA) is 58.6 Å². The van der Waals surface area contributed by atoms with Crippen LogP contribution in [0.3, 0.4) is 0 Å². The van der Waals surface area contributed by atoms with Gasteiger partial charge in [-0.25, -0.2) is 0 Å². The maximum atomic E-state index is 11.8. The van der Waals surface area contributed by atoms with Gasteiger partial charge in [0.15, 0.2) is 0 Å². The van der Waals surface area contributed by atoms with Crippen LogP contribution in [0.25, 0.3) is 0 Å². The molecule has 112 valence electrons. The Bertz CT molecular complexity index is 286. The van der Waals surface area contributed by atoms with E-state index in [9.17, 15) is 9.90 Å². The molecule has 0 saturated heterocycles. The van der Waals surface area contributed by atoms with Crippen molar-refractivity contribution in [2.24, 2.45) is 11.8 Å². The molecule has 19 heavy (non-hydrogen) atoms. The molecule has 0 amide bonds. The van der Waals surface area contributed by atoms with Crippen LogP contribution in [-0.4, -0.2) is 35.9 Å². The lowest BCUT2D eigenvalue weighted by molar-refractivity contribution is -0.157. The molecule has 0 spiro atoms. The lowest BCUT2D eigenvalue weighted by Gasteiger charge is -2.31. The van der Waals surface area contributed by atoms with Crippen LogP contribution >= 0.6 is 0 Å². The van der Waals surface area contributed by atoms with E-state index in [1.807, 2.05) is 27.7 Å². The fraction of sp³-hybridized carbons (Fsp3) is 0.933. The molecule has 4 heteroatoms. The molecule has 0 aromatic rings. The Morgan fingerprint density at radius 3 is 2.42 bits per heavy atom. The summed E-state index contributed by atoms with van der Waals surface area (Å²) in [5.41, 5.74) is -0.439. The number of rotatable bonds is 5. The highest BCUT2D eigenvalue weighted by molar-refractivity contribution is 5.75. The zero-order valence-corrected chi connectivity index (χ0v) is 12.7. The fourth-order valence-electron chi connectivity index (χ4n) is 2.60. The van der Waals surface area contributed by atoms with E-state index in [1.165, 1.54) is 12.8 Å². The zero-order chi connectivity index (χ0) is 14.5. The number of hydrogen-bond donors (Lipinski definition) is 2. The molecule has 1 aliphatic rings. The summed E-state index contributed by atoms with van der Waals surface area (Å²) in [5.74, 6) is 0.652. The van der Waals surface area contributed by atoms with E-state index < -0.39 is 5.60 Å². The number of carbonyl (C=O) groups excluding carboxylic acids is 1. The Kier molecular flexibility index (Phi) is 6.27. The van der Waals surface area contributed by atoms with Gasteiger partial charge in [0.1, 0.15) is 11.6 Å². The Morgan fingerprint density at radius 1 is 1.32 bits per heavy atom. The van der Waals surface area contributed by atoms with Gasteiger partial charge in [-0.3, -0.25) is 4.79 Å². The average molecular weight is 271 g/mol. The number of ether oxygens (including phenoxy) is 1. The molecule has 1 fully saturated rings. The van der Waals surface area contributed by atoms with Crippen LogP contribution in [0, 0.1) is 11.8 Å². The normalized spacial score (nSPS) is 25.9. The third kappa shape index (κ3) is 5.91. The minimum Gasteiger partial charge on any atom is -0.459 e. The second-order valence-electron chi connectivity index (χ2n) is 6.65. The van der Waals surface area contributed by atoms with Crippen molar-refractivity contribution < 1.29 is 14.6 Å². The van der Waals surface area contributed by atoms with Gasteiger partial charge in [-0.05, 0) is 58.9 Å². The summed E-state index contributed by atoms with van der Waals surface area (Å²) >= 11 is 0. The molecule has 0 heterocycles. The van der Waals surface area contributed by atoms with Crippen LogP contribution in [0.15, 0.2) is 0 Å². The van der Waals surface area contributed by atoms with Crippen molar-refractivity contribution in [1.82, 2.24) is 5.32 Å². The predicted octanol–water partition coefficient (Wildman–Crippen LogP) is 2.10. The molecule has 1 saturated carbocycles. The molecule has 0 aliphatic heterocycles. The van der Waals surface area contributed by atoms with Crippen LogP contribution in [0.2, 0.25) is 0 Å². The van der Waals surface area contributed by atoms with Crippen molar-refractivity contribution in [3.05, 3.63) is 0 Å². The number of carbonyl (C=O) groups is 1. The van der Waals surface area contributed by atoms with Gasteiger partial charge in [0.25, 0.3) is 0 Å². The number of nitrogens with one attached hydrogen (secondary N) is 1. The lowest BCUT2D eigenvalue weighted by Crippen LogP contribution is -2.43. The van der Waals surface area contributed by atoms with Gasteiger partial charge in [0, 0.05) is 6.61 Å². The zero-order valence-electron chi connectivity index (χ0n) is 12.7. The minimum absolute atomic E-state index is 0.205. The average Bonchev–Trinajstić information content (AvgIpc) is 2.34. The molecule has 0 aromatic heterocycles. The SMILES string of the molecule is CC(NCC1CCCCC1CO)C(=O)OC(C)(C)C. The van der Waals surface area contributed by atoms with Crippen molar-refractivity contribution in [2.75, 3.05) is 13.2 Å². The van der Waals surface area contributed by atoms with E-state index in [4.69, 9.17) is 4.74 Å². The summed E-state index contributed by atoms with van der Waals surface area (Å²) in [4.78, 5) is 11.8. The van der Waals surface area contributed by atoms with E-state index in [0.717, 1.165) is 19.4 Å². The van der Waals surface area contributed by atoms with Gasteiger partial charge in [-0.15, -0.1) is 0 Å². The summed E-state index contributed by atoms with van der Waals surface area (Å²) in [6.07, 6.45) is 4.68. The maximum Gasteiger partial charge on any atom is 0.323 e. The van der Waals surface area contributed by atoms with Gasteiger partial charge < -0.3 is 15.2 Å². The highest BCUT2D eigenvalue weighted by atomic mass is 16.6. The summed E-state index contributed by atoms with van der Waals surface area (Å²) in [6.45, 7) is 8.51. The molecule has 2 N–H and O–H groups in total. The van der Waals surface area contributed by atoms with E-state index in [-0.39, 0.29) is 18.6 Å². The molecule has 0 bridgehead atoms. The van der Waals surface area contributed by atoms with Crippen LogP contribution in [0.1, 0.15) is 53.4 Å². The fourth-order valence-corrected chi connectivity index (χ4v) is 2.60. The highest BCUT2D eigenvalue weighted by Crippen LogP contribution is 2.29. The van der Waals surface area contributed by atoms with E-state index in [1.54, 1.807) is 0 Å². The second-order valence-corrected chi connectivity index (χ2v) is 6.65. The summed E-state index contributed by atoms with van der Waals surface area (Å²) in [7, 11) is 0. The summed E-state index contributed by atoms with van der Waals surface area (Å²) in [6, 6.07) is -0.291. The van der Waals surface area contributed by atoms with Gasteiger partial charge in [-0.1, -0.05) is 12.8 Å². The maximum absolute atomic E-state index is 11.8. The van der Waals surface area contributed by atoms with Gasteiger partial charge in [-0.2, -0.15) is 0 Å². The largest absolute Gasteiger partial charge is 0.459 e. The van der Waals surface area contributed by atoms with Crippen molar-refractivity contribution in [2.45, 2.75) is 65.0 Å². The van der Waals surface area contributed by atoms with Crippen LogP contribution in [-0.2, 0) is 9.53 Å². The highest BCUT2D eigenvalue weighted by Gasteiger charge is 2.26. The van der Waals surface area contributed by atoms with Gasteiger partial charge >= 0.3 is 5.97 Å². The summed E-state index contributed by atoms with van der Waals surface area (Å²) < 4.78 is 5.34. The van der Waals surface area contributed by atoms with Crippen molar-refractivity contribution >= 4 is 5.97 Å². The standard InChI is InChI=1S/C15H29NO3/c1-11(14(18)19-15(2,3)4)16-9-12-7-5-6-8-13(12)10-17/h11-13,16-17H,5-10H2,1-4H3. The molecule has 3 atom stereocenters. The first-order valence-electron chi connectivity index (χ1n) is 7.40. The molecule has 1 aliphatic carbocycles. The number of esters is 1. The quantitative estimate of drug-likeness (QED) is 0.752. The Balaban J connectivity index is 2.36. The van der Waals surface area contributed by atoms with Crippen molar-refractivity contribution in [3.63, 3.8) is 0 Å². The number of aliphatic hydroxyl groups is 1. The third-order valence-corrected chi connectivity index (χ3v) is 3.75. The lowest BCUT2D eigenvalue weighted by atomic mass is 9.79. The molecule has 0 radical (unpaired) electrons. The minimum atomic E-state index is -0.439. The van der Waals surface area contributed by atoms with E-state index >= 15 is 0 Å². The monoisotopic (exact) mass is 271 g/mol. The predicted molar refractivity (Wildman–Crippen MR) is 75.8 cm³/mol. The van der Waals surface area contributed by atoms with Crippen LogP contribution in [0.4, 0.5) is 0 Å². The van der Waals surface area contributed by atoms with Crippen LogP contribution in [0.5, 0.6) is 0 Å². The molecular weight excluding hydrogens is 242 g/mol. The Hall–Kier alpha value is -0.610. The first-order valence-corrected chi connectivity index (χ1v) is 7.40. The summed E-state index contributed by atoms with van der Waals surface area (Å²) in [5, 5.41) is 12.6. The molecule has 3 unspecified atom stereocenters. The van der Waals surface area contributed by atoms with Gasteiger partial charge in [0.05, 0.1) is 0 Å². The molecular formula is C15H29NO3. The van der Waals surface area contributed by atoms with Crippen molar-refractivity contribution in [1.29, 1.82) is 0 Å². The van der Waals surface area contributed by atoms with Crippen LogP contribution < -0.4 is 5.32 Å². The van der Waals surface area contributed by atoms with E-state index in [2.05, 4.69) is 5.32 Å². The molecule has 1 rings (SSSR count). The second kappa shape index (κ2) is 7.25. The Labute approximate surface area is 116 Å². The first kappa shape index (κ1) is 16.4. The smallest absolute Gasteiger partial charge is 0.323 e. The Morgan fingerprint density at radius 2 is 1.89 bits per heavy atom. The third-order valence-electron chi connectivity index (χ3n) is 3.75. The number of hydrogen-bond acceptors (Lipinski definition) is 4. The van der Waals surface area contributed by atoms with Crippen molar-refractivity contribution in [3.8, 4) is 0 Å². The van der Waals surface area contributed by atoms with E-state index in [0.29, 0.717) is 11.8 Å². The molecule has 4 nitrogen and oxygen atoms in total. The number of aliphatic hydroxyl groups excluding tert-OH is 1. The first-order chi connectivity index (χ1) is 8.83. The van der Waals surface area contributed by atoms with Gasteiger partial charge in [0.2, 0.25) is 0 Å². The molecule has 0 aromatic carbocycles.